The first-order valence-corrected chi connectivity index (χ1v) is 5.97. The number of hydrogen-bond acceptors (Lipinski definition) is 7. The minimum Gasteiger partial charge on any atom is -0.383 e. The summed E-state index contributed by atoms with van der Waals surface area (Å²) in [6.45, 7) is 0. The first-order chi connectivity index (χ1) is 9.51. The summed E-state index contributed by atoms with van der Waals surface area (Å²) in [5.41, 5.74) is 5.54. The second-order valence-corrected chi connectivity index (χ2v) is 4.14. The Morgan fingerprint density at radius 2 is 1.20 bits per heavy atom. The Balaban J connectivity index is 0.000000200. The molecule has 0 radical (unpaired) electrons. The Kier molecular flexibility index (Phi) is 6.23. The number of nitrogens with two attached hydrogens (primary N) is 1. The van der Waals surface area contributed by atoms with Gasteiger partial charge in [-0.3, -0.25) is 9.59 Å². The molecule has 10 heteroatoms. The topological polar surface area (TPSA) is 112 Å². The largest absolute Gasteiger partial charge is 0.383 e. The van der Waals surface area contributed by atoms with E-state index in [1.54, 1.807) is 0 Å². The van der Waals surface area contributed by atoms with Crippen LogP contribution in [0.2, 0.25) is 15.5 Å². The van der Waals surface area contributed by atoms with E-state index >= 15 is 0 Å². The van der Waals surface area contributed by atoms with Gasteiger partial charge < -0.3 is 5.73 Å². The third-order valence-corrected chi connectivity index (χ3v) is 2.79. The number of carbonyl (C=O) groups excluding carboxylic acids is 2. The smallest absolute Gasteiger partial charge is 0.156 e. The van der Waals surface area contributed by atoms with Crippen molar-refractivity contribution in [1.29, 1.82) is 0 Å². The van der Waals surface area contributed by atoms with Crippen molar-refractivity contribution < 1.29 is 9.59 Å². The zero-order valence-electron chi connectivity index (χ0n) is 9.63. The Hall–Kier alpha value is -1.83. The highest BCUT2D eigenvalue weighted by Gasteiger charge is 2.05. The fourth-order valence-corrected chi connectivity index (χ4v) is 1.54. The highest BCUT2D eigenvalue weighted by Crippen LogP contribution is 2.16. The predicted molar refractivity (Wildman–Crippen MR) is 74.3 cm³/mol. The summed E-state index contributed by atoms with van der Waals surface area (Å²) in [5.74, 6) is 0.106. The molecular formula is C10H6Cl3N5O2. The molecule has 0 spiro atoms. The van der Waals surface area contributed by atoms with Gasteiger partial charge in [-0.1, -0.05) is 34.8 Å². The zero-order valence-corrected chi connectivity index (χ0v) is 11.9. The van der Waals surface area contributed by atoms with Gasteiger partial charge in [0.15, 0.2) is 12.6 Å². The molecule has 0 fully saturated rings. The van der Waals surface area contributed by atoms with Crippen molar-refractivity contribution in [1.82, 2.24) is 19.9 Å². The van der Waals surface area contributed by atoms with Crippen molar-refractivity contribution in [2.45, 2.75) is 0 Å². The molecule has 7 nitrogen and oxygen atoms in total. The number of hydrogen-bond donors (Lipinski definition) is 1. The minimum atomic E-state index is 0.0787. The molecule has 0 amide bonds. The highest BCUT2D eigenvalue weighted by atomic mass is 35.5. The van der Waals surface area contributed by atoms with Crippen LogP contribution in [0.4, 0.5) is 5.82 Å². The van der Waals surface area contributed by atoms with Gasteiger partial charge >= 0.3 is 0 Å². The summed E-state index contributed by atoms with van der Waals surface area (Å²) in [7, 11) is 0. The number of carbonyl (C=O) groups is 2. The first kappa shape index (κ1) is 16.2. The van der Waals surface area contributed by atoms with Gasteiger partial charge in [-0.05, 0) is 0 Å². The van der Waals surface area contributed by atoms with E-state index < -0.39 is 0 Å². The van der Waals surface area contributed by atoms with Crippen LogP contribution in [-0.4, -0.2) is 32.5 Å². The number of nitrogens with zero attached hydrogens (tertiary/aromatic N) is 4. The van der Waals surface area contributed by atoms with Crippen LogP contribution in [-0.2, 0) is 0 Å². The van der Waals surface area contributed by atoms with E-state index in [-0.39, 0.29) is 32.4 Å². The average molecular weight is 335 g/mol. The second kappa shape index (κ2) is 7.68. The Labute approximate surface area is 128 Å². The van der Waals surface area contributed by atoms with Crippen LogP contribution < -0.4 is 5.73 Å². The average Bonchev–Trinajstić information content (AvgIpc) is 2.40. The third kappa shape index (κ3) is 4.09. The van der Waals surface area contributed by atoms with Gasteiger partial charge in [0, 0.05) is 0 Å². The number of rotatable bonds is 2. The normalized spacial score (nSPS) is 9.35. The fraction of sp³-hybridized carbons (Fsp3) is 0. The van der Waals surface area contributed by atoms with Gasteiger partial charge in [0.05, 0.1) is 11.1 Å². The molecule has 0 saturated heterocycles. The van der Waals surface area contributed by atoms with Crippen LogP contribution in [0, 0.1) is 0 Å². The summed E-state index contributed by atoms with van der Waals surface area (Å²) < 4.78 is 0. The molecule has 0 saturated carbocycles. The summed E-state index contributed by atoms with van der Waals surface area (Å²) in [5, 5.41) is 0.243. The van der Waals surface area contributed by atoms with Crippen LogP contribution >= 0.6 is 34.8 Å². The number of anilines is 1. The second-order valence-electron chi connectivity index (χ2n) is 3.07. The number of aromatic nitrogens is 4. The molecule has 104 valence electrons. The molecule has 0 unspecified atom stereocenters. The van der Waals surface area contributed by atoms with Gasteiger partial charge in [0.1, 0.15) is 33.9 Å². The van der Waals surface area contributed by atoms with Crippen molar-refractivity contribution in [3.05, 3.63) is 39.2 Å². The lowest BCUT2D eigenvalue weighted by molar-refractivity contribution is 0.111. The van der Waals surface area contributed by atoms with Crippen LogP contribution in [0.1, 0.15) is 20.7 Å². The van der Waals surface area contributed by atoms with E-state index in [0.29, 0.717) is 12.6 Å². The molecule has 2 N–H and O–H groups in total. The standard InChI is InChI=1S/C5H2Cl2N2O.C5H4ClN3O/c2*6-4-3(1-10)5(7)9-2-8-4/h1-2H;1-2H,(H2,7,8,9). The van der Waals surface area contributed by atoms with E-state index in [2.05, 4.69) is 19.9 Å². The van der Waals surface area contributed by atoms with E-state index in [1.807, 2.05) is 0 Å². The van der Waals surface area contributed by atoms with E-state index in [0.717, 1.165) is 0 Å². The number of nitrogen functional groups attached to an aromatic ring is 1. The van der Waals surface area contributed by atoms with Crippen LogP contribution in [0.15, 0.2) is 12.7 Å². The van der Waals surface area contributed by atoms with Crippen LogP contribution in [0.5, 0.6) is 0 Å². The van der Waals surface area contributed by atoms with Crippen LogP contribution in [0.3, 0.4) is 0 Å². The molecule has 2 rings (SSSR count). The zero-order chi connectivity index (χ0) is 15.1. The van der Waals surface area contributed by atoms with Gasteiger partial charge in [0.25, 0.3) is 0 Å². The van der Waals surface area contributed by atoms with Gasteiger partial charge in [-0.25, -0.2) is 19.9 Å². The molecule has 0 aliphatic carbocycles. The van der Waals surface area contributed by atoms with Crippen molar-refractivity contribution in [2.75, 3.05) is 5.73 Å². The summed E-state index contributed by atoms with van der Waals surface area (Å²) in [4.78, 5) is 34.6. The lowest BCUT2D eigenvalue weighted by Crippen LogP contribution is -1.98. The van der Waals surface area contributed by atoms with Crippen molar-refractivity contribution in [3.63, 3.8) is 0 Å². The Morgan fingerprint density at radius 1 is 0.800 bits per heavy atom. The Bertz CT molecular complexity index is 542. The summed E-state index contributed by atoms with van der Waals surface area (Å²) in [6, 6.07) is 0. The van der Waals surface area contributed by atoms with Gasteiger partial charge in [0.2, 0.25) is 0 Å². The third-order valence-electron chi connectivity index (χ3n) is 1.89. The van der Waals surface area contributed by atoms with Crippen molar-refractivity contribution >= 4 is 53.2 Å². The van der Waals surface area contributed by atoms with Crippen LogP contribution in [0.25, 0.3) is 0 Å². The Morgan fingerprint density at radius 3 is 1.50 bits per heavy atom. The molecule has 2 aromatic rings. The summed E-state index contributed by atoms with van der Waals surface area (Å²) in [6.07, 6.45) is 3.44. The maximum Gasteiger partial charge on any atom is 0.156 e. The monoisotopic (exact) mass is 333 g/mol. The SMILES string of the molecule is Nc1ncnc(Cl)c1C=O.O=Cc1c(Cl)ncnc1Cl. The quantitative estimate of drug-likeness (QED) is 0.661. The van der Waals surface area contributed by atoms with E-state index in [1.165, 1.54) is 12.7 Å². The molecule has 20 heavy (non-hydrogen) atoms. The lowest BCUT2D eigenvalue weighted by atomic mass is 10.3. The van der Waals surface area contributed by atoms with Gasteiger partial charge in [-0.15, -0.1) is 0 Å². The molecule has 2 heterocycles. The van der Waals surface area contributed by atoms with Gasteiger partial charge in [-0.2, -0.15) is 0 Å². The van der Waals surface area contributed by atoms with E-state index in [9.17, 15) is 9.59 Å². The summed E-state index contributed by atoms with van der Waals surface area (Å²) >= 11 is 16.4. The number of halogens is 3. The highest BCUT2D eigenvalue weighted by molar-refractivity contribution is 6.36. The number of aldehydes is 2. The molecular weight excluding hydrogens is 329 g/mol. The van der Waals surface area contributed by atoms with E-state index in [4.69, 9.17) is 40.5 Å². The minimum absolute atomic E-state index is 0.0787. The van der Waals surface area contributed by atoms with Crippen molar-refractivity contribution in [2.24, 2.45) is 0 Å². The maximum absolute atomic E-state index is 10.2. The maximum atomic E-state index is 10.2. The molecule has 2 aromatic heterocycles. The fourth-order valence-electron chi connectivity index (χ4n) is 0.947. The van der Waals surface area contributed by atoms with Crippen molar-refractivity contribution in [3.8, 4) is 0 Å². The molecule has 0 atom stereocenters. The molecule has 0 aromatic carbocycles. The first-order valence-electron chi connectivity index (χ1n) is 4.83. The molecule has 0 bridgehead atoms. The molecule has 0 aliphatic rings. The predicted octanol–water partition coefficient (Wildman–Crippen LogP) is 2.12. The molecule has 0 aliphatic heterocycles. The lowest BCUT2D eigenvalue weighted by Gasteiger charge is -1.95.